The average molecular weight is 530 g/mol. The number of anilines is 4. The Hall–Kier alpha value is -3.11. The van der Waals surface area contributed by atoms with E-state index in [2.05, 4.69) is 49.6 Å². The third kappa shape index (κ3) is 6.36. The fraction of sp³-hybridized carbons (Fsp3) is 0.320. The third-order valence-corrected chi connectivity index (χ3v) is 6.73. The van der Waals surface area contributed by atoms with Crippen LogP contribution in [0.5, 0.6) is 5.75 Å². The molecule has 1 fully saturated rings. The maximum atomic E-state index is 12.9. The van der Waals surface area contributed by atoms with Crippen LogP contribution in [0.3, 0.4) is 0 Å². The minimum Gasteiger partial charge on any atom is -0.495 e. The van der Waals surface area contributed by atoms with Gasteiger partial charge in [0.1, 0.15) is 28.7 Å². The molecule has 3 aromatic rings. The van der Waals surface area contributed by atoms with Gasteiger partial charge in [-0.15, -0.1) is 0 Å². The highest BCUT2D eigenvalue weighted by Crippen LogP contribution is 2.37. The number of carbonyl (C=O) groups is 1. The summed E-state index contributed by atoms with van der Waals surface area (Å²) < 4.78 is 5.20. The van der Waals surface area contributed by atoms with Gasteiger partial charge >= 0.3 is 6.03 Å². The highest BCUT2D eigenvalue weighted by Gasteiger charge is 2.19. The fourth-order valence-corrected chi connectivity index (χ4v) is 4.35. The van der Waals surface area contributed by atoms with Crippen LogP contribution in [0.25, 0.3) is 0 Å². The second-order valence-electron chi connectivity index (χ2n) is 8.59. The molecule has 190 valence electrons. The molecule has 1 aliphatic rings. The highest BCUT2D eigenvalue weighted by molar-refractivity contribution is 6.40. The van der Waals surface area contributed by atoms with E-state index in [1.807, 2.05) is 12.1 Å². The molecule has 0 unspecified atom stereocenters. The van der Waals surface area contributed by atoms with Crippen molar-refractivity contribution < 1.29 is 9.53 Å². The summed E-state index contributed by atoms with van der Waals surface area (Å²) in [4.78, 5) is 27.5. The van der Waals surface area contributed by atoms with Crippen molar-refractivity contribution in [1.29, 1.82) is 0 Å². The fourth-order valence-electron chi connectivity index (χ4n) is 3.80. The summed E-state index contributed by atoms with van der Waals surface area (Å²) in [6, 6.07) is 12.7. The van der Waals surface area contributed by atoms with Gasteiger partial charge in [0.05, 0.1) is 17.8 Å². The number of nitrogens with zero attached hydrogens (tertiary/aromatic N) is 5. The van der Waals surface area contributed by atoms with Crippen LogP contribution in [0.2, 0.25) is 10.0 Å². The number of carbonyl (C=O) groups excluding carboxylic acids is 1. The lowest BCUT2D eigenvalue weighted by Crippen LogP contribution is -2.43. The second kappa shape index (κ2) is 11.7. The van der Waals surface area contributed by atoms with E-state index in [9.17, 15) is 4.79 Å². The van der Waals surface area contributed by atoms with Crippen molar-refractivity contribution in [2.45, 2.75) is 6.54 Å². The summed E-state index contributed by atoms with van der Waals surface area (Å²) in [5, 5.41) is 6.50. The number of likely N-dealkylation sites (N-methyl/N-ethyl adjacent to an activating group) is 1. The van der Waals surface area contributed by atoms with Crippen LogP contribution in [0.4, 0.5) is 27.8 Å². The molecule has 0 aliphatic carbocycles. The van der Waals surface area contributed by atoms with Gasteiger partial charge in [-0.2, -0.15) is 0 Å². The number of amides is 2. The number of piperazine rings is 1. The second-order valence-corrected chi connectivity index (χ2v) is 9.38. The zero-order valence-electron chi connectivity index (χ0n) is 20.5. The molecule has 0 saturated carbocycles. The van der Waals surface area contributed by atoms with Crippen LogP contribution in [0.15, 0.2) is 48.8 Å². The van der Waals surface area contributed by atoms with Gasteiger partial charge in [0.15, 0.2) is 0 Å². The first kappa shape index (κ1) is 26.0. The summed E-state index contributed by atoms with van der Waals surface area (Å²) in [5.41, 5.74) is 2.42. The summed E-state index contributed by atoms with van der Waals surface area (Å²) in [6.07, 6.45) is 1.40. The zero-order chi connectivity index (χ0) is 25.7. The molecule has 2 N–H and O–H groups in total. The van der Waals surface area contributed by atoms with Crippen LogP contribution in [0.1, 0.15) is 5.56 Å². The standard InChI is InChI=1S/C25H29Cl2N7O2/c1-32-10-12-34(13-11-32)15-17-4-6-18(7-5-17)30-21-14-22(29-16-28-21)33(2)25(35)31-24-19(26)8-9-20(36-3)23(24)27/h4-9,14,16H,10-13,15H2,1-3H3,(H,31,35)(H,28,29,30). The van der Waals surface area contributed by atoms with E-state index >= 15 is 0 Å². The first-order valence-corrected chi connectivity index (χ1v) is 12.2. The van der Waals surface area contributed by atoms with Crippen molar-refractivity contribution in [3.8, 4) is 5.75 Å². The minimum atomic E-state index is -0.468. The monoisotopic (exact) mass is 529 g/mol. The molecule has 11 heteroatoms. The van der Waals surface area contributed by atoms with Crippen molar-refractivity contribution in [3.05, 3.63) is 64.4 Å². The molecule has 0 radical (unpaired) electrons. The van der Waals surface area contributed by atoms with E-state index in [0.29, 0.717) is 22.4 Å². The van der Waals surface area contributed by atoms with Gasteiger partial charge in [-0.05, 0) is 36.9 Å². The van der Waals surface area contributed by atoms with Gasteiger partial charge in [0.25, 0.3) is 0 Å². The molecule has 1 aliphatic heterocycles. The smallest absolute Gasteiger partial charge is 0.327 e. The van der Waals surface area contributed by atoms with Gasteiger partial charge < -0.3 is 20.3 Å². The third-order valence-electron chi connectivity index (χ3n) is 6.04. The van der Waals surface area contributed by atoms with E-state index in [1.54, 1.807) is 25.2 Å². The first-order valence-electron chi connectivity index (χ1n) is 11.5. The lowest BCUT2D eigenvalue weighted by atomic mass is 10.2. The summed E-state index contributed by atoms with van der Waals surface area (Å²) in [6.45, 7) is 5.30. The predicted molar refractivity (Wildman–Crippen MR) is 145 cm³/mol. The molecule has 1 saturated heterocycles. The van der Waals surface area contributed by atoms with Gasteiger partial charge in [-0.3, -0.25) is 9.80 Å². The Bertz CT molecular complexity index is 1200. The number of nitrogens with one attached hydrogen (secondary N) is 2. The van der Waals surface area contributed by atoms with Crippen molar-refractivity contribution in [2.75, 3.05) is 62.9 Å². The molecule has 2 heterocycles. The Morgan fingerprint density at radius 1 is 1.08 bits per heavy atom. The Labute approximate surface area is 221 Å². The van der Waals surface area contributed by atoms with Crippen molar-refractivity contribution in [1.82, 2.24) is 19.8 Å². The minimum absolute atomic E-state index is 0.216. The zero-order valence-corrected chi connectivity index (χ0v) is 22.0. The highest BCUT2D eigenvalue weighted by atomic mass is 35.5. The number of aromatic nitrogens is 2. The Morgan fingerprint density at radius 3 is 2.50 bits per heavy atom. The maximum Gasteiger partial charge on any atom is 0.327 e. The molecule has 2 aromatic carbocycles. The Kier molecular flexibility index (Phi) is 8.48. The topological polar surface area (TPSA) is 85.9 Å². The number of urea groups is 1. The van der Waals surface area contributed by atoms with E-state index in [0.717, 1.165) is 38.4 Å². The van der Waals surface area contributed by atoms with Gasteiger partial charge in [0, 0.05) is 51.5 Å². The van der Waals surface area contributed by atoms with Gasteiger partial charge in [0.2, 0.25) is 0 Å². The lowest BCUT2D eigenvalue weighted by molar-refractivity contribution is 0.148. The van der Waals surface area contributed by atoms with E-state index < -0.39 is 6.03 Å². The van der Waals surface area contributed by atoms with Crippen LogP contribution >= 0.6 is 23.2 Å². The van der Waals surface area contributed by atoms with Crippen LogP contribution in [-0.4, -0.2) is 73.2 Å². The van der Waals surface area contributed by atoms with Crippen LogP contribution < -0.4 is 20.3 Å². The lowest BCUT2D eigenvalue weighted by Gasteiger charge is -2.32. The van der Waals surface area contributed by atoms with Crippen molar-refractivity contribution >= 4 is 52.2 Å². The molecular weight excluding hydrogens is 501 g/mol. The number of hydrogen-bond donors (Lipinski definition) is 2. The molecule has 4 rings (SSSR count). The number of ether oxygens (including phenoxy) is 1. The molecule has 9 nitrogen and oxygen atoms in total. The van der Waals surface area contributed by atoms with Gasteiger partial charge in [-0.1, -0.05) is 35.3 Å². The molecule has 0 spiro atoms. The molecule has 0 atom stereocenters. The Balaban J connectivity index is 1.39. The Morgan fingerprint density at radius 2 is 1.81 bits per heavy atom. The quantitative estimate of drug-likeness (QED) is 0.447. The number of halogens is 2. The molecular formula is C25H29Cl2N7O2. The molecule has 36 heavy (non-hydrogen) atoms. The largest absolute Gasteiger partial charge is 0.495 e. The van der Waals surface area contributed by atoms with E-state index in [-0.39, 0.29) is 10.7 Å². The van der Waals surface area contributed by atoms with E-state index in [4.69, 9.17) is 27.9 Å². The van der Waals surface area contributed by atoms with Crippen LogP contribution in [-0.2, 0) is 6.54 Å². The van der Waals surface area contributed by atoms with Gasteiger partial charge in [-0.25, -0.2) is 14.8 Å². The summed E-state index contributed by atoms with van der Waals surface area (Å²) in [7, 11) is 5.24. The number of hydrogen-bond acceptors (Lipinski definition) is 7. The first-order chi connectivity index (χ1) is 17.3. The number of benzene rings is 2. The average Bonchev–Trinajstić information content (AvgIpc) is 2.88. The van der Waals surface area contributed by atoms with Crippen LogP contribution in [0, 0.1) is 0 Å². The van der Waals surface area contributed by atoms with Crippen molar-refractivity contribution in [3.63, 3.8) is 0 Å². The molecule has 0 bridgehead atoms. The summed E-state index contributed by atoms with van der Waals surface area (Å²) >= 11 is 12.5. The van der Waals surface area contributed by atoms with E-state index in [1.165, 1.54) is 23.9 Å². The molecule has 1 aromatic heterocycles. The predicted octanol–water partition coefficient (Wildman–Crippen LogP) is 4.95. The van der Waals surface area contributed by atoms with Crippen molar-refractivity contribution in [2.24, 2.45) is 0 Å². The maximum absolute atomic E-state index is 12.9. The number of methoxy groups -OCH3 is 1. The number of rotatable bonds is 7. The normalized spacial score (nSPS) is 14.4. The summed E-state index contributed by atoms with van der Waals surface area (Å²) in [5.74, 6) is 1.36. The SMILES string of the molecule is COc1ccc(Cl)c(NC(=O)N(C)c2cc(Nc3ccc(CN4CCN(C)CC4)cc3)ncn2)c1Cl. The molecule has 2 amide bonds.